The van der Waals surface area contributed by atoms with E-state index in [1.165, 1.54) is 0 Å². The monoisotopic (exact) mass is 200 g/mol. The summed E-state index contributed by atoms with van der Waals surface area (Å²) in [5, 5.41) is 0. The molecule has 3 N–H and O–H groups in total. The van der Waals surface area contributed by atoms with Gasteiger partial charge in [-0.05, 0) is 42.8 Å². The molecule has 1 aromatic heterocycles. The van der Waals surface area contributed by atoms with Crippen molar-refractivity contribution >= 4 is 11.5 Å². The minimum Gasteiger partial charge on any atom is -0.399 e. The minimum atomic E-state index is -0.0110. The summed E-state index contributed by atoms with van der Waals surface area (Å²) in [6, 6.07) is 8.86. The van der Waals surface area contributed by atoms with Crippen LogP contribution in [-0.4, -0.2) is 10.8 Å². The van der Waals surface area contributed by atoms with Crippen molar-refractivity contribution < 1.29 is 4.79 Å². The van der Waals surface area contributed by atoms with E-state index in [0.717, 1.165) is 5.56 Å². The fourth-order valence-corrected chi connectivity index (χ4v) is 1.44. The van der Waals surface area contributed by atoms with Crippen LogP contribution in [0.25, 0.3) is 0 Å². The zero-order valence-electron chi connectivity index (χ0n) is 8.45. The van der Waals surface area contributed by atoms with Crippen molar-refractivity contribution in [2.45, 2.75) is 6.92 Å². The molecule has 76 valence electrons. The van der Waals surface area contributed by atoms with Gasteiger partial charge < -0.3 is 10.7 Å². The van der Waals surface area contributed by atoms with Crippen molar-refractivity contribution in [2.75, 3.05) is 5.73 Å². The molecule has 2 rings (SSSR count). The Morgan fingerprint density at radius 2 is 2.13 bits per heavy atom. The number of carbonyl (C=O) groups is 1. The van der Waals surface area contributed by atoms with Gasteiger partial charge in [0.1, 0.15) is 0 Å². The van der Waals surface area contributed by atoms with E-state index in [2.05, 4.69) is 4.98 Å². The first-order valence-electron chi connectivity index (χ1n) is 4.72. The zero-order valence-corrected chi connectivity index (χ0v) is 8.45. The molecule has 2 aromatic rings. The Kier molecular flexibility index (Phi) is 2.29. The summed E-state index contributed by atoms with van der Waals surface area (Å²) in [5.41, 5.74) is 8.57. The second-order valence-electron chi connectivity index (χ2n) is 3.48. The van der Waals surface area contributed by atoms with Crippen LogP contribution in [0.3, 0.4) is 0 Å². The van der Waals surface area contributed by atoms with Gasteiger partial charge >= 0.3 is 0 Å². The predicted molar refractivity (Wildman–Crippen MR) is 59.8 cm³/mol. The van der Waals surface area contributed by atoms with E-state index in [1.54, 1.807) is 36.5 Å². The van der Waals surface area contributed by atoms with Gasteiger partial charge in [0.2, 0.25) is 5.78 Å². The summed E-state index contributed by atoms with van der Waals surface area (Å²) < 4.78 is 0. The smallest absolute Gasteiger partial charge is 0.209 e. The topological polar surface area (TPSA) is 58.9 Å². The average Bonchev–Trinajstić information content (AvgIpc) is 2.74. The van der Waals surface area contributed by atoms with E-state index in [1.807, 2.05) is 6.92 Å². The van der Waals surface area contributed by atoms with Crippen LogP contribution in [-0.2, 0) is 0 Å². The van der Waals surface area contributed by atoms with E-state index in [4.69, 9.17) is 5.73 Å². The number of nitrogens with one attached hydrogen (secondary N) is 1. The second kappa shape index (κ2) is 3.61. The maximum Gasteiger partial charge on any atom is 0.209 e. The first-order valence-corrected chi connectivity index (χ1v) is 4.72. The quantitative estimate of drug-likeness (QED) is 0.576. The standard InChI is InChI=1S/C12H12N2O/c1-8-7-9(4-5-10(8)13)12(15)11-3-2-6-14-11/h2-7,14H,13H2,1H3. The highest BCUT2D eigenvalue weighted by Gasteiger charge is 2.09. The first kappa shape index (κ1) is 9.52. The van der Waals surface area contributed by atoms with Crippen molar-refractivity contribution in [1.29, 1.82) is 0 Å². The molecule has 0 aliphatic carbocycles. The minimum absolute atomic E-state index is 0.0110. The molecule has 0 radical (unpaired) electrons. The molecule has 0 saturated heterocycles. The molecule has 1 heterocycles. The van der Waals surface area contributed by atoms with Gasteiger partial charge in [-0.2, -0.15) is 0 Å². The summed E-state index contributed by atoms with van der Waals surface area (Å²) in [6.45, 7) is 1.89. The Morgan fingerprint density at radius 1 is 1.33 bits per heavy atom. The highest BCUT2D eigenvalue weighted by Crippen LogP contribution is 2.15. The van der Waals surface area contributed by atoms with Crippen LogP contribution in [0.15, 0.2) is 36.5 Å². The number of nitrogens with two attached hydrogens (primary N) is 1. The number of hydrogen-bond acceptors (Lipinski definition) is 2. The molecule has 0 unspecified atom stereocenters. The van der Waals surface area contributed by atoms with Crippen LogP contribution >= 0.6 is 0 Å². The van der Waals surface area contributed by atoms with E-state index < -0.39 is 0 Å². The van der Waals surface area contributed by atoms with Gasteiger partial charge in [0, 0.05) is 17.4 Å². The van der Waals surface area contributed by atoms with Crippen molar-refractivity contribution in [3.63, 3.8) is 0 Å². The molecule has 15 heavy (non-hydrogen) atoms. The van der Waals surface area contributed by atoms with Crippen molar-refractivity contribution in [3.05, 3.63) is 53.3 Å². The van der Waals surface area contributed by atoms with Crippen molar-refractivity contribution in [1.82, 2.24) is 4.98 Å². The third-order valence-corrected chi connectivity index (χ3v) is 2.37. The third kappa shape index (κ3) is 1.76. The zero-order chi connectivity index (χ0) is 10.8. The van der Waals surface area contributed by atoms with Gasteiger partial charge in [-0.15, -0.1) is 0 Å². The number of benzene rings is 1. The number of carbonyl (C=O) groups excluding carboxylic acids is 1. The van der Waals surface area contributed by atoms with Crippen LogP contribution in [0, 0.1) is 6.92 Å². The lowest BCUT2D eigenvalue weighted by Gasteiger charge is -2.03. The summed E-state index contributed by atoms with van der Waals surface area (Å²) >= 11 is 0. The van der Waals surface area contributed by atoms with Gasteiger partial charge in [-0.1, -0.05) is 0 Å². The second-order valence-corrected chi connectivity index (χ2v) is 3.48. The molecule has 0 saturated carbocycles. The number of aryl methyl sites for hydroxylation is 1. The largest absolute Gasteiger partial charge is 0.399 e. The van der Waals surface area contributed by atoms with E-state index in [0.29, 0.717) is 16.9 Å². The lowest BCUT2D eigenvalue weighted by molar-refractivity contribution is 0.103. The summed E-state index contributed by atoms with van der Waals surface area (Å²) in [4.78, 5) is 14.8. The van der Waals surface area contributed by atoms with E-state index in [9.17, 15) is 4.79 Å². The lowest BCUT2D eigenvalue weighted by atomic mass is 10.0. The number of aromatic amines is 1. The van der Waals surface area contributed by atoms with Crippen LogP contribution in [0.1, 0.15) is 21.6 Å². The number of H-pyrrole nitrogens is 1. The summed E-state index contributed by atoms with van der Waals surface area (Å²) in [7, 11) is 0. The third-order valence-electron chi connectivity index (χ3n) is 2.37. The van der Waals surface area contributed by atoms with Gasteiger partial charge in [-0.3, -0.25) is 4.79 Å². The highest BCUT2D eigenvalue weighted by atomic mass is 16.1. The van der Waals surface area contributed by atoms with E-state index >= 15 is 0 Å². The number of anilines is 1. The molecule has 3 heteroatoms. The van der Waals surface area contributed by atoms with Gasteiger partial charge in [-0.25, -0.2) is 0 Å². The molecule has 1 aromatic carbocycles. The lowest BCUT2D eigenvalue weighted by Crippen LogP contribution is -2.02. The van der Waals surface area contributed by atoms with Crippen LogP contribution in [0.4, 0.5) is 5.69 Å². The number of nitrogen functional groups attached to an aromatic ring is 1. The Balaban J connectivity index is 2.39. The fourth-order valence-electron chi connectivity index (χ4n) is 1.44. The molecule has 0 atom stereocenters. The van der Waals surface area contributed by atoms with Crippen molar-refractivity contribution in [3.8, 4) is 0 Å². The van der Waals surface area contributed by atoms with Gasteiger partial charge in [0.15, 0.2) is 0 Å². The molecule has 0 amide bonds. The summed E-state index contributed by atoms with van der Waals surface area (Å²) in [5.74, 6) is -0.0110. The average molecular weight is 200 g/mol. The molecule has 0 aliphatic rings. The molecular weight excluding hydrogens is 188 g/mol. The number of rotatable bonds is 2. The Morgan fingerprint density at radius 3 is 2.73 bits per heavy atom. The SMILES string of the molecule is Cc1cc(C(=O)c2ccc[nH]2)ccc1N. The van der Waals surface area contributed by atoms with Gasteiger partial charge in [0.05, 0.1) is 5.69 Å². The maximum absolute atomic E-state index is 11.9. The molecule has 3 nitrogen and oxygen atoms in total. The van der Waals surface area contributed by atoms with Crippen LogP contribution in [0.5, 0.6) is 0 Å². The Hall–Kier alpha value is -2.03. The number of aromatic nitrogens is 1. The Bertz CT molecular complexity index is 486. The molecule has 0 fully saturated rings. The highest BCUT2D eigenvalue weighted by molar-refractivity contribution is 6.08. The van der Waals surface area contributed by atoms with Crippen LogP contribution in [0.2, 0.25) is 0 Å². The molecular formula is C12H12N2O. The predicted octanol–water partition coefficient (Wildman–Crippen LogP) is 2.14. The van der Waals surface area contributed by atoms with Crippen LogP contribution < -0.4 is 5.73 Å². The molecule has 0 spiro atoms. The normalized spacial score (nSPS) is 10.2. The number of ketones is 1. The van der Waals surface area contributed by atoms with Crippen molar-refractivity contribution in [2.24, 2.45) is 0 Å². The fraction of sp³-hybridized carbons (Fsp3) is 0.0833. The maximum atomic E-state index is 11.9. The van der Waals surface area contributed by atoms with E-state index in [-0.39, 0.29) is 5.78 Å². The first-order chi connectivity index (χ1) is 7.18. The molecule has 0 aliphatic heterocycles. The summed E-state index contributed by atoms with van der Waals surface area (Å²) in [6.07, 6.45) is 1.73. The number of hydrogen-bond donors (Lipinski definition) is 2. The van der Waals surface area contributed by atoms with Gasteiger partial charge in [0.25, 0.3) is 0 Å². The Labute approximate surface area is 87.9 Å². The molecule has 0 bridgehead atoms.